The normalized spacial score (nSPS) is 18.9. The van der Waals surface area contributed by atoms with Crippen LogP contribution in [-0.2, 0) is 4.74 Å². The Morgan fingerprint density at radius 1 is 1.50 bits per heavy atom. The third-order valence-corrected chi connectivity index (χ3v) is 2.86. The maximum Gasteiger partial charge on any atom is 0.323 e. The van der Waals surface area contributed by atoms with Gasteiger partial charge in [0, 0.05) is 6.54 Å². The van der Waals surface area contributed by atoms with Gasteiger partial charge >= 0.3 is 6.01 Å². The molecule has 2 rings (SSSR count). The quantitative estimate of drug-likeness (QED) is 0.453. The summed E-state index contributed by atoms with van der Waals surface area (Å²) in [6.07, 6.45) is 0.850. The van der Waals surface area contributed by atoms with E-state index in [2.05, 4.69) is 20.4 Å². The summed E-state index contributed by atoms with van der Waals surface area (Å²) in [5.74, 6) is 6.01. The molecular formula is C11H20N6O3. The van der Waals surface area contributed by atoms with Crippen molar-refractivity contribution in [1.29, 1.82) is 0 Å². The Morgan fingerprint density at radius 3 is 3.05 bits per heavy atom. The zero-order valence-corrected chi connectivity index (χ0v) is 11.4. The Labute approximate surface area is 117 Å². The summed E-state index contributed by atoms with van der Waals surface area (Å²) in [4.78, 5) is 14.4. The lowest BCUT2D eigenvalue weighted by molar-refractivity contribution is 0.0717. The topological polar surface area (TPSA) is 119 Å². The summed E-state index contributed by atoms with van der Waals surface area (Å²) in [5, 5.41) is 9.40. The average Bonchev–Trinajstić information content (AvgIpc) is 2.52. The van der Waals surface area contributed by atoms with E-state index in [1.54, 1.807) is 0 Å². The summed E-state index contributed by atoms with van der Waals surface area (Å²) < 4.78 is 10.8. The van der Waals surface area contributed by atoms with Gasteiger partial charge in [-0.3, -0.25) is 5.43 Å². The molecule has 1 aliphatic heterocycles. The van der Waals surface area contributed by atoms with Gasteiger partial charge in [-0.2, -0.15) is 15.0 Å². The van der Waals surface area contributed by atoms with Crippen LogP contribution in [0, 0.1) is 0 Å². The molecule has 9 nitrogen and oxygen atoms in total. The SMILES string of the molecule is CCCOc1nc(NN)nc(N2CCOCC2CO)n1. The number of nitrogens with zero attached hydrogens (tertiary/aromatic N) is 4. The zero-order chi connectivity index (χ0) is 14.4. The Kier molecular flexibility index (Phi) is 5.27. The number of nitrogens with two attached hydrogens (primary N) is 1. The number of hydrogen-bond donors (Lipinski definition) is 3. The molecule has 1 aromatic heterocycles. The van der Waals surface area contributed by atoms with E-state index >= 15 is 0 Å². The summed E-state index contributed by atoms with van der Waals surface area (Å²) in [6, 6.07) is 0.0313. The second-order valence-corrected chi connectivity index (χ2v) is 4.34. The van der Waals surface area contributed by atoms with Crippen LogP contribution in [-0.4, -0.2) is 59.1 Å². The molecule has 20 heavy (non-hydrogen) atoms. The number of aliphatic hydroxyl groups is 1. The predicted molar refractivity (Wildman–Crippen MR) is 72.5 cm³/mol. The fourth-order valence-corrected chi connectivity index (χ4v) is 1.87. The molecule has 0 aliphatic carbocycles. The summed E-state index contributed by atoms with van der Waals surface area (Å²) in [6.45, 7) is 4.04. The van der Waals surface area contributed by atoms with Crippen molar-refractivity contribution in [3.8, 4) is 6.01 Å². The van der Waals surface area contributed by atoms with Crippen LogP contribution in [0.15, 0.2) is 0 Å². The van der Waals surface area contributed by atoms with E-state index in [1.807, 2.05) is 11.8 Å². The first-order valence-corrected chi connectivity index (χ1v) is 6.59. The molecule has 0 spiro atoms. The molecule has 1 aromatic rings. The molecule has 112 valence electrons. The first kappa shape index (κ1) is 14.7. The van der Waals surface area contributed by atoms with Gasteiger partial charge in [0.15, 0.2) is 0 Å². The van der Waals surface area contributed by atoms with Gasteiger partial charge in [0.2, 0.25) is 11.9 Å². The summed E-state index contributed by atoms with van der Waals surface area (Å²) >= 11 is 0. The zero-order valence-electron chi connectivity index (χ0n) is 11.4. The largest absolute Gasteiger partial charge is 0.463 e. The molecule has 0 aromatic carbocycles. The number of anilines is 2. The number of hydrogen-bond acceptors (Lipinski definition) is 9. The van der Waals surface area contributed by atoms with E-state index in [9.17, 15) is 5.11 Å². The van der Waals surface area contributed by atoms with Crippen molar-refractivity contribution in [3.63, 3.8) is 0 Å². The van der Waals surface area contributed by atoms with E-state index < -0.39 is 0 Å². The van der Waals surface area contributed by atoms with E-state index in [0.29, 0.717) is 32.3 Å². The second-order valence-electron chi connectivity index (χ2n) is 4.34. The third kappa shape index (κ3) is 3.44. The maximum atomic E-state index is 9.40. The van der Waals surface area contributed by atoms with E-state index in [0.717, 1.165) is 6.42 Å². The van der Waals surface area contributed by atoms with Crippen LogP contribution >= 0.6 is 0 Å². The van der Waals surface area contributed by atoms with Gasteiger partial charge in [-0.1, -0.05) is 6.92 Å². The highest BCUT2D eigenvalue weighted by Crippen LogP contribution is 2.19. The lowest BCUT2D eigenvalue weighted by atomic mass is 10.2. The molecule has 1 saturated heterocycles. The van der Waals surface area contributed by atoms with Gasteiger partial charge in [0.25, 0.3) is 0 Å². The third-order valence-electron chi connectivity index (χ3n) is 2.86. The lowest BCUT2D eigenvalue weighted by Crippen LogP contribution is -2.48. The molecule has 1 atom stereocenters. The standard InChI is InChI=1S/C11H20N6O3/c1-2-4-20-11-14-9(16-12)13-10(15-11)17-3-5-19-7-8(17)6-18/h8,18H,2-7,12H2,1H3,(H,13,14,15,16). The van der Waals surface area contributed by atoms with Crippen molar-refractivity contribution in [1.82, 2.24) is 15.0 Å². The van der Waals surface area contributed by atoms with Crippen LogP contribution in [0.3, 0.4) is 0 Å². The van der Waals surface area contributed by atoms with Crippen LogP contribution in [0.4, 0.5) is 11.9 Å². The molecule has 0 saturated carbocycles. The first-order chi connectivity index (χ1) is 9.78. The number of ether oxygens (including phenoxy) is 2. The Balaban J connectivity index is 2.24. The second kappa shape index (κ2) is 7.17. The van der Waals surface area contributed by atoms with Gasteiger partial charge in [0.05, 0.1) is 32.5 Å². The Hall–Kier alpha value is -1.71. The molecule has 1 unspecified atom stereocenters. The van der Waals surface area contributed by atoms with E-state index in [-0.39, 0.29) is 24.6 Å². The predicted octanol–water partition coefficient (Wildman–Crippen LogP) is -0.856. The molecule has 0 radical (unpaired) electrons. The van der Waals surface area contributed by atoms with Crippen LogP contribution in [0.25, 0.3) is 0 Å². The number of nitrogens with one attached hydrogen (secondary N) is 1. The minimum absolute atomic E-state index is 0.0395. The fourth-order valence-electron chi connectivity index (χ4n) is 1.87. The minimum atomic E-state index is -0.184. The Morgan fingerprint density at radius 2 is 2.35 bits per heavy atom. The van der Waals surface area contributed by atoms with Gasteiger partial charge in [0.1, 0.15) is 0 Å². The van der Waals surface area contributed by atoms with Crippen molar-refractivity contribution >= 4 is 11.9 Å². The summed E-state index contributed by atoms with van der Waals surface area (Å²) in [7, 11) is 0. The van der Waals surface area contributed by atoms with Crippen LogP contribution in [0.5, 0.6) is 6.01 Å². The van der Waals surface area contributed by atoms with Crippen molar-refractivity contribution in [2.75, 3.05) is 43.3 Å². The molecule has 0 amide bonds. The number of rotatable bonds is 6. The smallest absolute Gasteiger partial charge is 0.323 e. The highest BCUT2D eigenvalue weighted by atomic mass is 16.5. The lowest BCUT2D eigenvalue weighted by Gasteiger charge is -2.34. The van der Waals surface area contributed by atoms with Crippen LogP contribution in [0.1, 0.15) is 13.3 Å². The number of nitrogen functional groups attached to an aromatic ring is 1. The average molecular weight is 284 g/mol. The summed E-state index contributed by atoms with van der Waals surface area (Å²) in [5.41, 5.74) is 2.39. The molecule has 2 heterocycles. The first-order valence-electron chi connectivity index (χ1n) is 6.59. The highest BCUT2D eigenvalue weighted by Gasteiger charge is 2.25. The molecule has 0 bridgehead atoms. The molecule has 1 aliphatic rings. The minimum Gasteiger partial charge on any atom is -0.463 e. The number of morpholine rings is 1. The number of aliphatic hydroxyl groups excluding tert-OH is 1. The number of hydrazine groups is 1. The van der Waals surface area contributed by atoms with E-state index in [4.69, 9.17) is 15.3 Å². The van der Waals surface area contributed by atoms with Crippen molar-refractivity contribution in [2.45, 2.75) is 19.4 Å². The van der Waals surface area contributed by atoms with Crippen LogP contribution in [0.2, 0.25) is 0 Å². The van der Waals surface area contributed by atoms with Gasteiger partial charge in [-0.05, 0) is 6.42 Å². The van der Waals surface area contributed by atoms with Crippen molar-refractivity contribution in [2.24, 2.45) is 5.84 Å². The monoisotopic (exact) mass is 284 g/mol. The van der Waals surface area contributed by atoms with Crippen LogP contribution < -0.4 is 20.9 Å². The molecular weight excluding hydrogens is 264 g/mol. The molecule has 9 heteroatoms. The van der Waals surface area contributed by atoms with E-state index in [1.165, 1.54) is 0 Å². The van der Waals surface area contributed by atoms with Crippen molar-refractivity contribution in [3.05, 3.63) is 0 Å². The Bertz CT molecular complexity index is 433. The molecule has 4 N–H and O–H groups in total. The maximum absolute atomic E-state index is 9.40. The fraction of sp³-hybridized carbons (Fsp3) is 0.727. The van der Waals surface area contributed by atoms with Gasteiger partial charge < -0.3 is 19.5 Å². The van der Waals surface area contributed by atoms with Crippen molar-refractivity contribution < 1.29 is 14.6 Å². The van der Waals surface area contributed by atoms with Gasteiger partial charge in [-0.15, -0.1) is 0 Å². The van der Waals surface area contributed by atoms with Gasteiger partial charge in [-0.25, -0.2) is 5.84 Å². The number of aromatic nitrogens is 3. The molecule has 1 fully saturated rings. The highest BCUT2D eigenvalue weighted by molar-refractivity contribution is 5.39.